The van der Waals surface area contributed by atoms with E-state index in [-0.39, 0.29) is 5.91 Å². The average molecular weight is 207 g/mol. The van der Waals surface area contributed by atoms with Crippen LogP contribution in [0.15, 0.2) is 12.3 Å². The summed E-state index contributed by atoms with van der Waals surface area (Å²) in [5, 5.41) is 4.15. The molecule has 4 heteroatoms. The van der Waals surface area contributed by atoms with E-state index in [1.807, 2.05) is 18.1 Å². The number of aryl methyl sites for hydroxylation is 1. The van der Waals surface area contributed by atoms with Gasteiger partial charge in [0, 0.05) is 25.8 Å². The second kappa shape index (κ2) is 4.04. The molecule has 1 aliphatic heterocycles. The van der Waals surface area contributed by atoms with Crippen LogP contribution < -0.4 is 0 Å². The van der Waals surface area contributed by atoms with E-state index in [9.17, 15) is 4.79 Å². The van der Waals surface area contributed by atoms with Gasteiger partial charge in [-0.05, 0) is 32.3 Å². The largest absolute Gasteiger partial charge is 0.335 e. The van der Waals surface area contributed by atoms with Crippen LogP contribution in [0.25, 0.3) is 0 Å². The quantitative estimate of drug-likeness (QED) is 0.698. The highest BCUT2D eigenvalue weighted by Crippen LogP contribution is 2.18. The van der Waals surface area contributed by atoms with Crippen LogP contribution in [0, 0.1) is 0 Å². The van der Waals surface area contributed by atoms with E-state index in [0.29, 0.717) is 11.7 Å². The third-order valence-electron chi connectivity index (χ3n) is 3.00. The molecule has 15 heavy (non-hydrogen) atoms. The number of nitrogens with zero attached hydrogens (tertiary/aromatic N) is 3. The van der Waals surface area contributed by atoms with Gasteiger partial charge >= 0.3 is 0 Å². The zero-order valence-electron chi connectivity index (χ0n) is 9.31. The van der Waals surface area contributed by atoms with Crippen molar-refractivity contribution in [3.8, 4) is 0 Å². The number of amides is 1. The van der Waals surface area contributed by atoms with Crippen LogP contribution in [-0.4, -0.2) is 33.2 Å². The van der Waals surface area contributed by atoms with Crippen molar-refractivity contribution in [3.63, 3.8) is 0 Å². The van der Waals surface area contributed by atoms with Crippen LogP contribution in [0.5, 0.6) is 0 Å². The Balaban J connectivity index is 2.13. The lowest BCUT2D eigenvalue weighted by Gasteiger charge is -2.32. The Morgan fingerprint density at radius 1 is 1.53 bits per heavy atom. The van der Waals surface area contributed by atoms with E-state index >= 15 is 0 Å². The number of hydrogen-bond acceptors (Lipinski definition) is 2. The minimum absolute atomic E-state index is 0.0720. The van der Waals surface area contributed by atoms with Crippen LogP contribution in [0.1, 0.15) is 36.7 Å². The van der Waals surface area contributed by atoms with Crippen molar-refractivity contribution in [2.24, 2.45) is 7.05 Å². The molecule has 0 N–H and O–H groups in total. The summed E-state index contributed by atoms with van der Waals surface area (Å²) >= 11 is 0. The molecule has 0 spiro atoms. The second-order valence-electron chi connectivity index (χ2n) is 4.22. The first-order chi connectivity index (χ1) is 7.18. The topological polar surface area (TPSA) is 38.1 Å². The van der Waals surface area contributed by atoms with Gasteiger partial charge in [0.1, 0.15) is 5.69 Å². The Labute approximate surface area is 89.9 Å². The Hall–Kier alpha value is -1.32. The van der Waals surface area contributed by atoms with Gasteiger partial charge in [-0.25, -0.2) is 0 Å². The second-order valence-corrected chi connectivity index (χ2v) is 4.22. The average Bonchev–Trinajstić information content (AvgIpc) is 2.65. The minimum Gasteiger partial charge on any atom is -0.335 e. The van der Waals surface area contributed by atoms with Crippen molar-refractivity contribution in [2.75, 3.05) is 6.54 Å². The molecule has 1 aromatic rings. The van der Waals surface area contributed by atoms with Crippen molar-refractivity contribution >= 4 is 5.91 Å². The molecule has 1 aromatic heterocycles. The van der Waals surface area contributed by atoms with Crippen molar-refractivity contribution in [1.82, 2.24) is 14.7 Å². The lowest BCUT2D eigenvalue weighted by Crippen LogP contribution is -2.42. The summed E-state index contributed by atoms with van der Waals surface area (Å²) in [7, 11) is 1.83. The molecule has 0 bridgehead atoms. The van der Waals surface area contributed by atoms with E-state index in [4.69, 9.17) is 0 Å². The van der Waals surface area contributed by atoms with Crippen molar-refractivity contribution in [2.45, 2.75) is 32.2 Å². The summed E-state index contributed by atoms with van der Waals surface area (Å²) in [5.41, 5.74) is 0.561. The number of aromatic nitrogens is 2. The molecule has 2 rings (SSSR count). The molecule has 1 atom stereocenters. The third-order valence-corrected chi connectivity index (χ3v) is 3.00. The standard InChI is InChI=1S/C11H17N3O/c1-9-5-3-4-7-14(9)11(15)10-6-8-13(2)12-10/h6,8-9H,3-5,7H2,1-2H3. The summed E-state index contributed by atoms with van der Waals surface area (Å²) in [5.74, 6) is 0.0720. The predicted molar refractivity (Wildman–Crippen MR) is 57.6 cm³/mol. The van der Waals surface area contributed by atoms with Gasteiger partial charge in [0.15, 0.2) is 0 Å². The van der Waals surface area contributed by atoms with Crippen LogP contribution >= 0.6 is 0 Å². The molecule has 0 radical (unpaired) electrons. The first-order valence-corrected chi connectivity index (χ1v) is 5.49. The molecule has 4 nitrogen and oxygen atoms in total. The molecule has 0 aromatic carbocycles. The summed E-state index contributed by atoms with van der Waals surface area (Å²) in [6, 6.07) is 2.14. The Morgan fingerprint density at radius 2 is 2.33 bits per heavy atom. The predicted octanol–water partition coefficient (Wildman–Crippen LogP) is 1.43. The first kappa shape index (κ1) is 10.2. The maximum Gasteiger partial charge on any atom is 0.274 e. The summed E-state index contributed by atoms with van der Waals surface area (Å²) < 4.78 is 1.67. The molecular formula is C11H17N3O. The highest BCUT2D eigenvalue weighted by molar-refractivity contribution is 5.92. The summed E-state index contributed by atoms with van der Waals surface area (Å²) in [4.78, 5) is 14.0. The van der Waals surface area contributed by atoms with E-state index in [1.165, 1.54) is 6.42 Å². The molecular weight excluding hydrogens is 190 g/mol. The van der Waals surface area contributed by atoms with Crippen molar-refractivity contribution in [3.05, 3.63) is 18.0 Å². The third kappa shape index (κ3) is 2.03. The van der Waals surface area contributed by atoms with E-state index in [1.54, 1.807) is 10.7 Å². The van der Waals surface area contributed by atoms with E-state index in [0.717, 1.165) is 19.4 Å². The smallest absolute Gasteiger partial charge is 0.274 e. The fraction of sp³-hybridized carbons (Fsp3) is 0.636. The number of hydrogen-bond donors (Lipinski definition) is 0. The normalized spacial score (nSPS) is 21.7. The molecule has 1 aliphatic rings. The van der Waals surface area contributed by atoms with Gasteiger partial charge in [-0.15, -0.1) is 0 Å². The van der Waals surface area contributed by atoms with Gasteiger partial charge in [-0.1, -0.05) is 0 Å². The number of rotatable bonds is 1. The number of likely N-dealkylation sites (tertiary alicyclic amines) is 1. The zero-order chi connectivity index (χ0) is 10.8. The zero-order valence-corrected chi connectivity index (χ0v) is 9.31. The fourth-order valence-electron chi connectivity index (χ4n) is 2.08. The maximum absolute atomic E-state index is 12.1. The van der Waals surface area contributed by atoms with Gasteiger partial charge in [-0.3, -0.25) is 9.48 Å². The first-order valence-electron chi connectivity index (χ1n) is 5.49. The lowest BCUT2D eigenvalue weighted by atomic mass is 10.0. The highest BCUT2D eigenvalue weighted by atomic mass is 16.2. The van der Waals surface area contributed by atoms with Gasteiger partial charge in [0.2, 0.25) is 0 Å². The molecule has 2 heterocycles. The molecule has 82 valence electrons. The van der Waals surface area contributed by atoms with Crippen LogP contribution in [0.3, 0.4) is 0 Å². The van der Waals surface area contributed by atoms with E-state index < -0.39 is 0 Å². The monoisotopic (exact) mass is 207 g/mol. The van der Waals surface area contributed by atoms with Gasteiger partial charge in [0.25, 0.3) is 5.91 Å². The Morgan fingerprint density at radius 3 is 2.93 bits per heavy atom. The molecule has 1 fully saturated rings. The Bertz CT molecular complexity index is 358. The number of carbonyl (C=O) groups is 1. The number of piperidine rings is 1. The molecule has 1 amide bonds. The molecule has 1 saturated heterocycles. The van der Waals surface area contributed by atoms with Gasteiger partial charge in [0.05, 0.1) is 0 Å². The van der Waals surface area contributed by atoms with Gasteiger partial charge in [-0.2, -0.15) is 5.10 Å². The lowest BCUT2D eigenvalue weighted by molar-refractivity contribution is 0.0628. The molecule has 1 unspecified atom stereocenters. The van der Waals surface area contributed by atoms with Gasteiger partial charge < -0.3 is 4.90 Å². The fourth-order valence-corrected chi connectivity index (χ4v) is 2.08. The van der Waals surface area contributed by atoms with Crippen LogP contribution in [0.4, 0.5) is 0 Å². The van der Waals surface area contributed by atoms with Crippen LogP contribution in [-0.2, 0) is 7.05 Å². The highest BCUT2D eigenvalue weighted by Gasteiger charge is 2.25. The Kier molecular flexibility index (Phi) is 2.75. The minimum atomic E-state index is 0.0720. The number of carbonyl (C=O) groups excluding carboxylic acids is 1. The maximum atomic E-state index is 12.1. The van der Waals surface area contributed by atoms with E-state index in [2.05, 4.69) is 12.0 Å². The SMILES string of the molecule is CC1CCCCN1C(=O)c1ccn(C)n1. The van der Waals surface area contributed by atoms with Crippen molar-refractivity contribution in [1.29, 1.82) is 0 Å². The summed E-state index contributed by atoms with van der Waals surface area (Å²) in [6.45, 7) is 2.98. The summed E-state index contributed by atoms with van der Waals surface area (Å²) in [6.07, 6.45) is 5.26. The van der Waals surface area contributed by atoms with Crippen molar-refractivity contribution < 1.29 is 4.79 Å². The molecule has 0 saturated carbocycles. The molecule has 0 aliphatic carbocycles. The van der Waals surface area contributed by atoms with Crippen LogP contribution in [0.2, 0.25) is 0 Å².